The molecule has 2 aromatic rings. The number of halogens is 1. The maximum atomic E-state index is 11.6. The second kappa shape index (κ2) is 5.78. The average Bonchev–Trinajstić information content (AvgIpc) is 2.37. The SMILES string of the molecule is C/C=C/COc1ccc(S(N)(=O)=O)c2ccc(Cl)nc12. The number of rotatable bonds is 4. The summed E-state index contributed by atoms with van der Waals surface area (Å²) in [6.07, 6.45) is 3.67. The molecular weight excluding hydrogens is 300 g/mol. The van der Waals surface area contributed by atoms with Crippen molar-refractivity contribution >= 4 is 32.5 Å². The number of benzene rings is 1. The third kappa shape index (κ3) is 3.09. The van der Waals surface area contributed by atoms with E-state index >= 15 is 0 Å². The second-order valence-corrected chi connectivity index (χ2v) is 5.93. The standard InChI is InChI=1S/C13H13ClN2O3S/c1-2-3-8-19-10-5-6-11(20(15,17)18)9-4-7-12(14)16-13(9)10/h2-7H,8H2,1H3,(H2,15,17,18)/b3-2+. The molecule has 0 saturated carbocycles. The fraction of sp³-hybridized carbons (Fsp3) is 0.154. The van der Waals surface area contributed by atoms with E-state index in [4.69, 9.17) is 21.5 Å². The smallest absolute Gasteiger partial charge is 0.238 e. The van der Waals surface area contributed by atoms with Gasteiger partial charge in [0.1, 0.15) is 23.0 Å². The van der Waals surface area contributed by atoms with Crippen molar-refractivity contribution in [3.05, 3.63) is 41.6 Å². The first-order valence-electron chi connectivity index (χ1n) is 5.79. The molecule has 1 aromatic heterocycles. The van der Waals surface area contributed by atoms with Gasteiger partial charge < -0.3 is 4.74 Å². The minimum atomic E-state index is -3.84. The number of sulfonamides is 1. The highest BCUT2D eigenvalue weighted by molar-refractivity contribution is 7.89. The van der Waals surface area contributed by atoms with E-state index in [0.29, 0.717) is 23.3 Å². The molecule has 0 aliphatic rings. The lowest BCUT2D eigenvalue weighted by molar-refractivity contribution is 0.366. The van der Waals surface area contributed by atoms with E-state index in [1.54, 1.807) is 6.07 Å². The van der Waals surface area contributed by atoms with Crippen LogP contribution in [-0.4, -0.2) is 20.0 Å². The van der Waals surface area contributed by atoms with Crippen molar-refractivity contribution in [2.24, 2.45) is 5.14 Å². The van der Waals surface area contributed by atoms with Gasteiger partial charge in [-0.3, -0.25) is 0 Å². The number of fused-ring (bicyclic) bond motifs is 1. The van der Waals surface area contributed by atoms with Gasteiger partial charge >= 0.3 is 0 Å². The van der Waals surface area contributed by atoms with Gasteiger partial charge in [-0.15, -0.1) is 0 Å². The molecule has 2 N–H and O–H groups in total. The zero-order valence-corrected chi connectivity index (χ0v) is 12.3. The van der Waals surface area contributed by atoms with E-state index in [1.165, 1.54) is 18.2 Å². The summed E-state index contributed by atoms with van der Waals surface area (Å²) in [5, 5.41) is 5.83. The predicted octanol–water partition coefficient (Wildman–Crippen LogP) is 2.49. The highest BCUT2D eigenvalue weighted by Gasteiger charge is 2.16. The lowest BCUT2D eigenvalue weighted by Crippen LogP contribution is -2.13. The average molecular weight is 313 g/mol. The number of pyridine rings is 1. The van der Waals surface area contributed by atoms with E-state index in [-0.39, 0.29) is 10.0 Å². The minimum absolute atomic E-state index is 0.00458. The van der Waals surface area contributed by atoms with Crippen molar-refractivity contribution in [3.8, 4) is 5.75 Å². The van der Waals surface area contributed by atoms with Crippen molar-refractivity contribution in [2.75, 3.05) is 6.61 Å². The fourth-order valence-electron chi connectivity index (χ4n) is 1.74. The molecule has 0 radical (unpaired) electrons. The van der Waals surface area contributed by atoms with E-state index in [1.807, 2.05) is 19.1 Å². The van der Waals surface area contributed by atoms with Crippen LogP contribution < -0.4 is 9.88 Å². The first-order chi connectivity index (χ1) is 9.43. The van der Waals surface area contributed by atoms with Gasteiger partial charge in [-0.1, -0.05) is 23.8 Å². The van der Waals surface area contributed by atoms with Crippen LogP contribution in [-0.2, 0) is 10.0 Å². The van der Waals surface area contributed by atoms with Crippen LogP contribution in [0.25, 0.3) is 10.9 Å². The molecule has 1 aromatic carbocycles. The third-order valence-corrected chi connectivity index (χ3v) is 3.80. The summed E-state index contributed by atoms with van der Waals surface area (Å²) in [4.78, 5) is 4.12. The van der Waals surface area contributed by atoms with Gasteiger partial charge in [0.15, 0.2) is 0 Å². The fourth-order valence-corrected chi connectivity index (χ4v) is 2.62. The van der Waals surface area contributed by atoms with Crippen LogP contribution in [0.1, 0.15) is 6.92 Å². The van der Waals surface area contributed by atoms with Crippen LogP contribution in [0.5, 0.6) is 5.75 Å². The van der Waals surface area contributed by atoms with E-state index < -0.39 is 10.0 Å². The largest absolute Gasteiger partial charge is 0.487 e. The molecule has 1 heterocycles. The Bertz CT molecular complexity index is 773. The number of primary sulfonamides is 1. The van der Waals surface area contributed by atoms with Crippen molar-refractivity contribution in [3.63, 3.8) is 0 Å². The molecule has 0 unspecified atom stereocenters. The predicted molar refractivity (Wildman–Crippen MR) is 78.4 cm³/mol. The second-order valence-electron chi connectivity index (χ2n) is 4.02. The Balaban J connectivity index is 2.65. The van der Waals surface area contributed by atoms with Gasteiger partial charge in [0.05, 0.1) is 4.90 Å². The van der Waals surface area contributed by atoms with Gasteiger partial charge in [0, 0.05) is 5.39 Å². The number of hydrogen-bond acceptors (Lipinski definition) is 4. The summed E-state index contributed by atoms with van der Waals surface area (Å²) in [5.74, 6) is 0.452. The molecule has 2 rings (SSSR count). The molecule has 20 heavy (non-hydrogen) atoms. The minimum Gasteiger partial charge on any atom is -0.487 e. The quantitative estimate of drug-likeness (QED) is 0.694. The summed E-state index contributed by atoms with van der Waals surface area (Å²) in [6.45, 7) is 2.23. The molecule has 0 amide bonds. The normalized spacial score (nSPS) is 12.2. The molecular formula is C13H13ClN2O3S. The highest BCUT2D eigenvalue weighted by Crippen LogP contribution is 2.30. The Labute approximate surface area is 122 Å². The molecule has 0 bridgehead atoms. The van der Waals surface area contributed by atoms with Crippen LogP contribution in [0, 0.1) is 0 Å². The summed E-state index contributed by atoms with van der Waals surface area (Å²) >= 11 is 5.86. The number of ether oxygens (including phenoxy) is 1. The van der Waals surface area contributed by atoms with Gasteiger partial charge in [0.2, 0.25) is 10.0 Å². The molecule has 0 saturated heterocycles. The Morgan fingerprint density at radius 1 is 1.35 bits per heavy atom. The molecule has 7 heteroatoms. The van der Waals surface area contributed by atoms with Crippen LogP contribution >= 0.6 is 11.6 Å². The zero-order chi connectivity index (χ0) is 14.8. The van der Waals surface area contributed by atoms with Crippen molar-refractivity contribution in [1.82, 2.24) is 4.98 Å². The van der Waals surface area contributed by atoms with E-state index in [2.05, 4.69) is 4.98 Å². The molecule has 0 atom stereocenters. The molecule has 0 aliphatic heterocycles. The zero-order valence-electron chi connectivity index (χ0n) is 10.7. The lowest BCUT2D eigenvalue weighted by Gasteiger charge is -2.10. The number of aromatic nitrogens is 1. The first-order valence-corrected chi connectivity index (χ1v) is 7.72. The molecule has 0 fully saturated rings. The van der Waals surface area contributed by atoms with Gasteiger partial charge in [0.25, 0.3) is 0 Å². The molecule has 0 spiro atoms. The van der Waals surface area contributed by atoms with Crippen molar-refractivity contribution in [1.29, 1.82) is 0 Å². The van der Waals surface area contributed by atoms with Crippen molar-refractivity contribution < 1.29 is 13.2 Å². The summed E-state index contributed by atoms with van der Waals surface area (Å²) < 4.78 is 28.7. The van der Waals surface area contributed by atoms with E-state index in [9.17, 15) is 8.42 Å². The van der Waals surface area contributed by atoms with Crippen LogP contribution in [0.3, 0.4) is 0 Å². The maximum Gasteiger partial charge on any atom is 0.238 e. The number of nitrogens with two attached hydrogens (primary N) is 1. The summed E-state index contributed by atoms with van der Waals surface area (Å²) in [6, 6.07) is 5.99. The topological polar surface area (TPSA) is 82.3 Å². The third-order valence-electron chi connectivity index (χ3n) is 2.62. The Morgan fingerprint density at radius 3 is 2.75 bits per heavy atom. The summed E-state index contributed by atoms with van der Waals surface area (Å²) in [7, 11) is -3.84. The molecule has 106 valence electrons. The Hall–Kier alpha value is -1.63. The number of allylic oxidation sites excluding steroid dienone is 1. The lowest BCUT2D eigenvalue weighted by atomic mass is 10.2. The molecule has 0 aliphatic carbocycles. The van der Waals surface area contributed by atoms with Gasteiger partial charge in [-0.2, -0.15) is 0 Å². The number of hydrogen-bond donors (Lipinski definition) is 1. The first kappa shape index (κ1) is 14.8. The Morgan fingerprint density at radius 2 is 2.10 bits per heavy atom. The Kier molecular flexibility index (Phi) is 4.27. The van der Waals surface area contributed by atoms with Crippen molar-refractivity contribution in [2.45, 2.75) is 11.8 Å². The summed E-state index contributed by atoms with van der Waals surface area (Å²) in [5.41, 5.74) is 0.369. The monoisotopic (exact) mass is 312 g/mol. The van der Waals surface area contributed by atoms with Gasteiger partial charge in [-0.05, 0) is 31.2 Å². The molecule has 5 nitrogen and oxygen atoms in total. The highest BCUT2D eigenvalue weighted by atomic mass is 35.5. The van der Waals surface area contributed by atoms with Gasteiger partial charge in [-0.25, -0.2) is 18.5 Å². The van der Waals surface area contributed by atoms with Crippen LogP contribution in [0.15, 0.2) is 41.3 Å². The maximum absolute atomic E-state index is 11.6. The van der Waals surface area contributed by atoms with E-state index in [0.717, 1.165) is 0 Å². The number of nitrogens with zero attached hydrogens (tertiary/aromatic N) is 1. The van der Waals surface area contributed by atoms with Crippen LogP contribution in [0.4, 0.5) is 0 Å². The van der Waals surface area contributed by atoms with Crippen LogP contribution in [0.2, 0.25) is 5.15 Å².